The van der Waals surface area contributed by atoms with Crippen molar-refractivity contribution in [1.82, 2.24) is 10.2 Å². The van der Waals surface area contributed by atoms with Crippen LogP contribution in [0.4, 0.5) is 0 Å². The van der Waals surface area contributed by atoms with E-state index >= 15 is 0 Å². The fourth-order valence-corrected chi connectivity index (χ4v) is 8.56. The minimum Gasteiger partial charge on any atom is -0.493 e. The van der Waals surface area contributed by atoms with E-state index in [-0.39, 0.29) is 18.6 Å². The van der Waals surface area contributed by atoms with E-state index in [1.54, 1.807) is 18.2 Å². The van der Waals surface area contributed by atoms with E-state index in [4.69, 9.17) is 31.5 Å². The number of hydrogen-bond acceptors (Lipinski definition) is 8. The topological polar surface area (TPSA) is 134 Å². The zero-order valence-electron chi connectivity index (χ0n) is 33.4. The molecule has 10 heteroatoms. The van der Waals surface area contributed by atoms with E-state index in [0.29, 0.717) is 77.8 Å². The SMILES string of the molecule is Cc1c(OCCCN2[C@H](C)CCC[C@@H]2C)cccc1-c1cccc2c1CC[C@@H]2Oc1cc(OCc2cc(C#N)cc(C#N)c2)c(CNCCCCC(N)=O)cc1Cl. The van der Waals surface area contributed by atoms with Gasteiger partial charge in [-0.3, -0.25) is 9.69 Å². The maximum absolute atomic E-state index is 11.1. The summed E-state index contributed by atoms with van der Waals surface area (Å²) in [4.78, 5) is 13.8. The van der Waals surface area contributed by atoms with Gasteiger partial charge in [-0.25, -0.2) is 0 Å². The monoisotopic (exact) mass is 787 g/mol. The molecular formula is C47H54ClN5O4. The highest BCUT2D eigenvalue weighted by Gasteiger charge is 2.29. The smallest absolute Gasteiger partial charge is 0.217 e. The van der Waals surface area contributed by atoms with Crippen molar-refractivity contribution in [3.8, 4) is 40.5 Å². The van der Waals surface area contributed by atoms with Crippen molar-refractivity contribution >= 4 is 17.5 Å². The van der Waals surface area contributed by atoms with Gasteiger partial charge in [0.05, 0.1) is 34.9 Å². The third kappa shape index (κ3) is 10.7. The van der Waals surface area contributed by atoms with Crippen molar-refractivity contribution in [2.75, 3.05) is 19.7 Å². The average molecular weight is 788 g/mol. The molecule has 1 heterocycles. The Kier molecular flexibility index (Phi) is 14.5. The first-order valence-corrected chi connectivity index (χ1v) is 20.7. The molecule has 3 N–H and O–H groups in total. The van der Waals surface area contributed by atoms with Gasteiger partial charge in [-0.05, 0) is 136 Å². The van der Waals surface area contributed by atoms with Crippen molar-refractivity contribution in [2.24, 2.45) is 5.73 Å². The molecular weight excluding hydrogens is 734 g/mol. The third-order valence-corrected chi connectivity index (χ3v) is 11.7. The van der Waals surface area contributed by atoms with Crippen LogP contribution in [0, 0.1) is 29.6 Å². The lowest BCUT2D eigenvalue weighted by Crippen LogP contribution is -2.44. The molecule has 0 unspecified atom stereocenters. The van der Waals surface area contributed by atoms with E-state index < -0.39 is 0 Å². The number of nitrogens with two attached hydrogens (primary N) is 1. The van der Waals surface area contributed by atoms with Crippen LogP contribution in [0.25, 0.3) is 11.1 Å². The van der Waals surface area contributed by atoms with Crippen LogP contribution in [0.1, 0.15) is 110 Å². The number of hydrogen-bond donors (Lipinski definition) is 2. The van der Waals surface area contributed by atoms with E-state index in [1.807, 2.05) is 12.1 Å². The number of likely N-dealkylation sites (tertiary alicyclic amines) is 1. The van der Waals surface area contributed by atoms with Crippen molar-refractivity contribution < 1.29 is 19.0 Å². The Labute approximate surface area is 342 Å². The summed E-state index contributed by atoms with van der Waals surface area (Å²) < 4.78 is 19.5. The van der Waals surface area contributed by atoms with Gasteiger partial charge in [-0.15, -0.1) is 0 Å². The second-order valence-corrected chi connectivity index (χ2v) is 15.8. The lowest BCUT2D eigenvalue weighted by molar-refractivity contribution is -0.118. The van der Waals surface area contributed by atoms with Gasteiger partial charge in [0.2, 0.25) is 5.91 Å². The van der Waals surface area contributed by atoms with Crippen LogP contribution in [0.2, 0.25) is 5.02 Å². The summed E-state index contributed by atoms with van der Waals surface area (Å²) in [5.74, 6) is 1.72. The highest BCUT2D eigenvalue weighted by atomic mass is 35.5. The molecule has 3 atom stereocenters. The van der Waals surface area contributed by atoms with E-state index in [1.165, 1.54) is 36.0 Å². The fraction of sp³-hybridized carbons (Fsp3) is 0.426. The summed E-state index contributed by atoms with van der Waals surface area (Å²) in [7, 11) is 0. The standard InChI is InChI=1S/C47H54ClN5O4/c1-31-10-6-11-32(2)53(31)20-9-21-55-43-15-8-12-38(33(43)3)39-13-7-14-41-40(39)17-18-44(41)57-46-26-45(56-30-36-23-34(27-49)22-35(24-36)28-50)37(25-42(46)48)29-52-19-5-4-16-47(51)54/h7-8,12-15,22-26,31-32,44,52H,4-6,9-11,16-21,29-30H2,1-3H3,(H2,51,54)/t31-,32+,44-/m0/s1. The van der Waals surface area contributed by atoms with Crippen molar-refractivity contribution in [3.05, 3.63) is 111 Å². The number of nitrogens with zero attached hydrogens (tertiary/aromatic N) is 3. The Morgan fingerprint density at radius 3 is 2.37 bits per heavy atom. The van der Waals surface area contributed by atoms with Crippen LogP contribution < -0.4 is 25.3 Å². The number of benzene rings is 4. The summed E-state index contributed by atoms with van der Waals surface area (Å²) in [6.07, 6.45) is 8.19. The number of nitriles is 2. The molecule has 298 valence electrons. The third-order valence-electron chi connectivity index (χ3n) is 11.4. The number of carbonyl (C=O) groups excluding carboxylic acids is 1. The van der Waals surface area contributed by atoms with E-state index in [0.717, 1.165) is 54.7 Å². The molecule has 0 aromatic heterocycles. The Morgan fingerprint density at radius 2 is 1.63 bits per heavy atom. The van der Waals surface area contributed by atoms with Gasteiger partial charge in [0.25, 0.3) is 0 Å². The zero-order chi connectivity index (χ0) is 40.3. The number of unbranched alkanes of at least 4 members (excludes halogenated alkanes) is 1. The van der Waals surface area contributed by atoms with Crippen LogP contribution in [-0.2, 0) is 24.4 Å². The van der Waals surface area contributed by atoms with Gasteiger partial charge in [-0.1, -0.05) is 48.4 Å². The fourth-order valence-electron chi connectivity index (χ4n) is 8.33. The Morgan fingerprint density at radius 1 is 0.895 bits per heavy atom. The number of halogens is 1. The molecule has 4 aromatic rings. The van der Waals surface area contributed by atoms with Crippen LogP contribution in [0.5, 0.6) is 17.2 Å². The maximum atomic E-state index is 11.1. The van der Waals surface area contributed by atoms with Gasteiger partial charge >= 0.3 is 0 Å². The highest BCUT2D eigenvalue weighted by Crippen LogP contribution is 2.44. The number of amides is 1. The summed E-state index contributed by atoms with van der Waals surface area (Å²) in [6, 6.07) is 27.0. The zero-order valence-corrected chi connectivity index (χ0v) is 34.2. The molecule has 0 radical (unpaired) electrons. The van der Waals surface area contributed by atoms with Crippen LogP contribution in [0.15, 0.2) is 66.7 Å². The Bertz CT molecular complexity index is 2080. The van der Waals surface area contributed by atoms with E-state index in [2.05, 4.69) is 79.5 Å². The summed E-state index contributed by atoms with van der Waals surface area (Å²) in [6.45, 7) is 9.90. The van der Waals surface area contributed by atoms with Crippen LogP contribution in [0.3, 0.4) is 0 Å². The molecule has 0 saturated carbocycles. The normalized spacial score (nSPS) is 17.7. The second-order valence-electron chi connectivity index (χ2n) is 15.4. The predicted molar refractivity (Wildman–Crippen MR) is 224 cm³/mol. The lowest BCUT2D eigenvalue weighted by atomic mass is 9.93. The number of ether oxygens (including phenoxy) is 3. The minimum atomic E-state index is -0.304. The van der Waals surface area contributed by atoms with Gasteiger partial charge in [0.1, 0.15) is 30.0 Å². The molecule has 1 saturated heterocycles. The summed E-state index contributed by atoms with van der Waals surface area (Å²) in [5, 5.41) is 22.9. The lowest BCUT2D eigenvalue weighted by Gasteiger charge is -2.39. The Hall–Kier alpha value is -5.06. The van der Waals surface area contributed by atoms with Crippen molar-refractivity contribution in [3.63, 3.8) is 0 Å². The molecule has 4 aromatic carbocycles. The molecule has 1 amide bonds. The molecule has 57 heavy (non-hydrogen) atoms. The first kappa shape index (κ1) is 41.6. The summed E-state index contributed by atoms with van der Waals surface area (Å²) in [5.41, 5.74) is 13.5. The van der Waals surface area contributed by atoms with Gasteiger partial charge in [-0.2, -0.15) is 10.5 Å². The molecule has 9 nitrogen and oxygen atoms in total. The molecule has 1 aliphatic heterocycles. The van der Waals surface area contributed by atoms with Gasteiger partial charge < -0.3 is 25.3 Å². The molecule has 1 aliphatic carbocycles. The van der Waals surface area contributed by atoms with Crippen molar-refractivity contribution in [1.29, 1.82) is 10.5 Å². The molecule has 1 fully saturated rings. The predicted octanol–water partition coefficient (Wildman–Crippen LogP) is 9.48. The first-order valence-electron chi connectivity index (χ1n) is 20.3. The van der Waals surface area contributed by atoms with Crippen molar-refractivity contribution in [2.45, 2.75) is 110 Å². The number of nitrogens with one attached hydrogen (secondary N) is 1. The second kappa shape index (κ2) is 19.9. The number of carbonyl (C=O) groups is 1. The number of fused-ring (bicyclic) bond motifs is 1. The number of primary amides is 1. The largest absolute Gasteiger partial charge is 0.493 e. The van der Waals surface area contributed by atoms with Gasteiger partial charge in [0, 0.05) is 43.2 Å². The minimum absolute atomic E-state index is 0.144. The highest BCUT2D eigenvalue weighted by molar-refractivity contribution is 6.32. The number of rotatable bonds is 18. The van der Waals surface area contributed by atoms with Crippen LogP contribution in [-0.4, -0.2) is 42.6 Å². The molecule has 6 rings (SSSR count). The maximum Gasteiger partial charge on any atom is 0.217 e. The van der Waals surface area contributed by atoms with E-state index in [9.17, 15) is 15.3 Å². The quantitative estimate of drug-likeness (QED) is 0.0953. The average Bonchev–Trinajstić information content (AvgIpc) is 3.62. The first-order chi connectivity index (χ1) is 27.6. The molecule has 0 spiro atoms. The van der Waals surface area contributed by atoms with Gasteiger partial charge in [0.15, 0.2) is 0 Å². The summed E-state index contributed by atoms with van der Waals surface area (Å²) >= 11 is 6.93. The van der Waals surface area contributed by atoms with Crippen LogP contribution >= 0.6 is 11.6 Å². The molecule has 0 bridgehead atoms. The Balaban J connectivity index is 1.17. The number of piperidine rings is 1. The molecule has 2 aliphatic rings.